The fraction of sp³-hybridized carbons (Fsp3) is 0.211. The Bertz CT molecular complexity index is 1020. The fourth-order valence-electron chi connectivity index (χ4n) is 2.84. The molecule has 0 radical (unpaired) electrons. The van der Waals surface area contributed by atoms with Gasteiger partial charge in [0.1, 0.15) is 11.9 Å². The third-order valence-corrected chi connectivity index (χ3v) is 5.62. The molecule has 0 aromatic heterocycles. The fourth-order valence-corrected chi connectivity index (χ4v) is 4.09. The molecular weight excluding hydrogens is 380 g/mol. The number of carbonyl (C=O) groups excluding carboxylic acids is 2. The zero-order chi connectivity index (χ0) is 20.1. The summed E-state index contributed by atoms with van der Waals surface area (Å²) in [5.74, 6) is -0.478. The van der Waals surface area contributed by atoms with Crippen LogP contribution in [0.3, 0.4) is 0 Å². The standard InChI is InChI=1S/C19H20N4O4S/c1-20-19(25)17(13-7-3-2-4-8-13)22-16(24)11-12-21-18-14-9-5-6-10-15(14)28(26,27)23-18/h2-10,17H,11-12H2,1H3,(H,20,25)(H,21,23)(H,22,24)/t17-/m1/s1. The minimum atomic E-state index is -3.61. The van der Waals surface area contributed by atoms with Crippen molar-refractivity contribution in [2.75, 3.05) is 13.6 Å². The molecule has 0 unspecified atom stereocenters. The topological polar surface area (TPSA) is 117 Å². The van der Waals surface area contributed by atoms with E-state index >= 15 is 0 Å². The molecule has 9 heteroatoms. The zero-order valence-electron chi connectivity index (χ0n) is 15.2. The van der Waals surface area contributed by atoms with Gasteiger partial charge in [-0.2, -0.15) is 0 Å². The lowest BCUT2D eigenvalue weighted by molar-refractivity contribution is -0.128. The summed E-state index contributed by atoms with van der Waals surface area (Å²) in [5.41, 5.74) is 1.15. The van der Waals surface area contributed by atoms with Crippen molar-refractivity contribution in [1.82, 2.24) is 15.4 Å². The SMILES string of the molecule is CNC(=O)[C@H](NC(=O)CCN=C1NS(=O)(=O)c2ccccc21)c1ccccc1. The molecule has 1 heterocycles. The molecule has 2 aromatic carbocycles. The molecule has 28 heavy (non-hydrogen) atoms. The Hall–Kier alpha value is -3.20. The smallest absolute Gasteiger partial charge is 0.263 e. The first-order valence-electron chi connectivity index (χ1n) is 8.65. The van der Waals surface area contributed by atoms with Crippen molar-refractivity contribution in [2.45, 2.75) is 17.4 Å². The summed E-state index contributed by atoms with van der Waals surface area (Å²) in [6.45, 7) is 0.0767. The quantitative estimate of drug-likeness (QED) is 0.662. The summed E-state index contributed by atoms with van der Waals surface area (Å²) < 4.78 is 26.5. The number of likely N-dealkylation sites (N-methyl/N-ethyl adjacent to an activating group) is 1. The number of rotatable bonds is 6. The number of amides is 2. The summed E-state index contributed by atoms with van der Waals surface area (Å²) in [6, 6.07) is 14.6. The van der Waals surface area contributed by atoms with Crippen LogP contribution in [0, 0.1) is 0 Å². The molecule has 0 bridgehead atoms. The maximum Gasteiger partial charge on any atom is 0.263 e. The Kier molecular flexibility index (Phi) is 5.74. The number of sulfonamides is 1. The van der Waals surface area contributed by atoms with Gasteiger partial charge in [-0.25, -0.2) is 8.42 Å². The number of aliphatic imine (C=N–C) groups is 1. The predicted molar refractivity (Wildman–Crippen MR) is 104 cm³/mol. The van der Waals surface area contributed by atoms with Crippen LogP contribution in [0.2, 0.25) is 0 Å². The highest BCUT2D eigenvalue weighted by Crippen LogP contribution is 2.22. The average Bonchev–Trinajstić information content (AvgIpc) is 2.97. The highest BCUT2D eigenvalue weighted by atomic mass is 32.2. The van der Waals surface area contributed by atoms with E-state index in [0.717, 1.165) is 0 Å². The van der Waals surface area contributed by atoms with Crippen LogP contribution in [-0.2, 0) is 19.6 Å². The second-order valence-corrected chi connectivity index (χ2v) is 7.76. The van der Waals surface area contributed by atoms with E-state index in [0.29, 0.717) is 11.1 Å². The highest BCUT2D eigenvalue weighted by molar-refractivity contribution is 7.90. The Morgan fingerprint density at radius 2 is 1.75 bits per heavy atom. The second-order valence-electron chi connectivity index (χ2n) is 6.11. The summed E-state index contributed by atoms with van der Waals surface area (Å²) in [4.78, 5) is 28.8. The number of amidine groups is 1. The van der Waals surface area contributed by atoms with Gasteiger partial charge in [-0.15, -0.1) is 0 Å². The van der Waals surface area contributed by atoms with Gasteiger partial charge in [0.25, 0.3) is 10.0 Å². The maximum absolute atomic E-state index is 12.3. The zero-order valence-corrected chi connectivity index (χ0v) is 16.0. The van der Waals surface area contributed by atoms with E-state index in [1.54, 1.807) is 42.5 Å². The average molecular weight is 400 g/mol. The molecule has 0 saturated carbocycles. The molecule has 3 rings (SSSR count). The minimum absolute atomic E-state index is 0.00766. The first-order valence-corrected chi connectivity index (χ1v) is 10.1. The molecule has 146 valence electrons. The summed E-state index contributed by atoms with van der Waals surface area (Å²) >= 11 is 0. The number of hydrogen-bond acceptors (Lipinski definition) is 5. The summed E-state index contributed by atoms with van der Waals surface area (Å²) in [5, 5.41) is 5.22. The summed E-state index contributed by atoms with van der Waals surface area (Å²) in [6.07, 6.45) is 0.00766. The van der Waals surface area contributed by atoms with Crippen molar-refractivity contribution in [1.29, 1.82) is 0 Å². The Morgan fingerprint density at radius 1 is 1.07 bits per heavy atom. The molecule has 2 amide bonds. The van der Waals surface area contributed by atoms with Gasteiger partial charge in [-0.3, -0.25) is 19.3 Å². The van der Waals surface area contributed by atoms with Crippen molar-refractivity contribution in [3.63, 3.8) is 0 Å². The predicted octanol–water partition coefficient (Wildman–Crippen LogP) is 0.719. The van der Waals surface area contributed by atoms with Crippen LogP contribution in [0.5, 0.6) is 0 Å². The highest BCUT2D eigenvalue weighted by Gasteiger charge is 2.30. The van der Waals surface area contributed by atoms with Crippen molar-refractivity contribution in [3.05, 3.63) is 65.7 Å². The Morgan fingerprint density at radius 3 is 2.46 bits per heavy atom. The number of carbonyl (C=O) groups is 2. The number of nitrogens with one attached hydrogen (secondary N) is 3. The van der Waals surface area contributed by atoms with Gasteiger partial charge < -0.3 is 10.6 Å². The van der Waals surface area contributed by atoms with Gasteiger partial charge in [0.15, 0.2) is 0 Å². The van der Waals surface area contributed by atoms with Crippen molar-refractivity contribution >= 4 is 27.7 Å². The van der Waals surface area contributed by atoms with Crippen LogP contribution in [-0.4, -0.2) is 39.7 Å². The molecule has 1 aliphatic heterocycles. The van der Waals surface area contributed by atoms with Crippen molar-refractivity contribution < 1.29 is 18.0 Å². The van der Waals surface area contributed by atoms with Crippen LogP contribution in [0.25, 0.3) is 0 Å². The van der Waals surface area contributed by atoms with Gasteiger partial charge in [-0.1, -0.05) is 42.5 Å². The first kappa shape index (κ1) is 19.6. The molecule has 0 saturated heterocycles. The molecule has 0 spiro atoms. The van der Waals surface area contributed by atoms with E-state index in [1.165, 1.54) is 13.1 Å². The largest absolute Gasteiger partial charge is 0.357 e. The van der Waals surface area contributed by atoms with Gasteiger partial charge in [0.2, 0.25) is 11.8 Å². The lowest BCUT2D eigenvalue weighted by atomic mass is 10.1. The van der Waals surface area contributed by atoms with E-state index in [2.05, 4.69) is 20.3 Å². The van der Waals surface area contributed by atoms with Crippen LogP contribution >= 0.6 is 0 Å². The normalized spacial score (nSPS) is 16.7. The molecule has 1 aliphatic rings. The number of benzene rings is 2. The Balaban J connectivity index is 1.66. The molecule has 3 N–H and O–H groups in total. The molecule has 0 fully saturated rings. The van der Waals surface area contributed by atoms with Crippen LogP contribution in [0.1, 0.15) is 23.6 Å². The molecule has 2 aromatic rings. The lowest BCUT2D eigenvalue weighted by Crippen LogP contribution is -2.39. The molecule has 8 nitrogen and oxygen atoms in total. The monoisotopic (exact) mass is 400 g/mol. The molecule has 0 aliphatic carbocycles. The van der Waals surface area contributed by atoms with Crippen LogP contribution in [0.15, 0.2) is 64.5 Å². The van der Waals surface area contributed by atoms with Gasteiger partial charge in [0.05, 0.1) is 11.4 Å². The first-order chi connectivity index (χ1) is 13.4. The van der Waals surface area contributed by atoms with Gasteiger partial charge in [-0.05, 0) is 17.7 Å². The van der Waals surface area contributed by atoms with Gasteiger partial charge >= 0.3 is 0 Å². The maximum atomic E-state index is 12.3. The van der Waals surface area contributed by atoms with Crippen molar-refractivity contribution in [3.8, 4) is 0 Å². The molecule has 1 atom stereocenters. The lowest BCUT2D eigenvalue weighted by Gasteiger charge is -2.17. The minimum Gasteiger partial charge on any atom is -0.357 e. The number of hydrogen-bond donors (Lipinski definition) is 3. The van der Waals surface area contributed by atoms with E-state index in [1.807, 2.05) is 6.07 Å². The van der Waals surface area contributed by atoms with Crippen molar-refractivity contribution in [2.24, 2.45) is 4.99 Å². The Labute approximate surface area is 163 Å². The molecular formula is C19H20N4O4S. The van der Waals surface area contributed by atoms with E-state index in [-0.39, 0.29) is 35.5 Å². The van der Waals surface area contributed by atoms with Gasteiger partial charge in [0, 0.05) is 19.0 Å². The summed E-state index contributed by atoms with van der Waals surface area (Å²) in [7, 11) is -2.11. The van der Waals surface area contributed by atoms with E-state index in [4.69, 9.17) is 0 Å². The third kappa shape index (κ3) is 4.20. The van der Waals surface area contributed by atoms with Crippen LogP contribution in [0.4, 0.5) is 0 Å². The van der Waals surface area contributed by atoms with E-state index in [9.17, 15) is 18.0 Å². The third-order valence-electron chi connectivity index (χ3n) is 4.22. The number of nitrogens with zero attached hydrogens (tertiary/aromatic N) is 1. The number of fused-ring (bicyclic) bond motifs is 1. The van der Waals surface area contributed by atoms with E-state index < -0.39 is 16.1 Å². The second kappa shape index (κ2) is 8.22. The van der Waals surface area contributed by atoms with Crippen LogP contribution < -0.4 is 15.4 Å².